The Hall–Kier alpha value is 0.0300. The molecule has 11 heavy (non-hydrogen) atoms. The van der Waals surface area contributed by atoms with E-state index in [9.17, 15) is 21.6 Å². The maximum atomic E-state index is 11.8. The van der Waals surface area contributed by atoms with Crippen molar-refractivity contribution in [3.63, 3.8) is 0 Å². The third-order valence-corrected chi connectivity index (χ3v) is 3.00. The first-order valence-electron chi connectivity index (χ1n) is 2.69. The van der Waals surface area contributed by atoms with Gasteiger partial charge in [-0.2, -0.15) is 13.2 Å². The molecular weight excluding hydrogens is 205 g/mol. The van der Waals surface area contributed by atoms with E-state index in [0.717, 1.165) is 6.92 Å². The molecule has 0 saturated carbocycles. The Balaban J connectivity index is 4.72. The summed E-state index contributed by atoms with van der Waals surface area (Å²) in [5, 5.41) is -2.45. The molecule has 0 aliphatic carbocycles. The molecule has 0 spiro atoms. The van der Waals surface area contributed by atoms with Crippen molar-refractivity contribution in [2.75, 3.05) is 0 Å². The highest BCUT2D eigenvalue weighted by molar-refractivity contribution is 8.14. The standard InChI is InChI=1S/C4H6ClF3O2S/c1-2-3(4(6,7)8)11(5,9)10/h3H,2H2,1H3. The smallest absolute Gasteiger partial charge is 0.212 e. The van der Waals surface area contributed by atoms with Crippen LogP contribution in [-0.2, 0) is 9.05 Å². The summed E-state index contributed by atoms with van der Waals surface area (Å²) in [5.41, 5.74) is 0. The van der Waals surface area contributed by atoms with Crippen molar-refractivity contribution in [3.05, 3.63) is 0 Å². The predicted octanol–water partition coefficient (Wildman–Crippen LogP) is 1.90. The van der Waals surface area contributed by atoms with Crippen LogP contribution in [0, 0.1) is 0 Å². The van der Waals surface area contributed by atoms with Crippen molar-refractivity contribution in [3.8, 4) is 0 Å². The van der Waals surface area contributed by atoms with E-state index in [1.165, 1.54) is 0 Å². The lowest BCUT2D eigenvalue weighted by Gasteiger charge is -2.14. The van der Waals surface area contributed by atoms with Crippen LogP contribution in [-0.4, -0.2) is 19.8 Å². The highest BCUT2D eigenvalue weighted by Gasteiger charge is 2.46. The summed E-state index contributed by atoms with van der Waals surface area (Å²) in [7, 11) is 0.0107. The molecule has 7 heteroatoms. The molecule has 0 heterocycles. The molecule has 0 rings (SSSR count). The first kappa shape index (κ1) is 11.0. The van der Waals surface area contributed by atoms with Gasteiger partial charge in [-0.15, -0.1) is 0 Å². The zero-order valence-electron chi connectivity index (χ0n) is 5.52. The molecule has 0 bridgehead atoms. The quantitative estimate of drug-likeness (QED) is 0.653. The summed E-state index contributed by atoms with van der Waals surface area (Å²) >= 11 is 0. The maximum absolute atomic E-state index is 11.8. The van der Waals surface area contributed by atoms with Crippen molar-refractivity contribution in [2.45, 2.75) is 24.8 Å². The van der Waals surface area contributed by atoms with E-state index >= 15 is 0 Å². The first-order chi connectivity index (χ1) is 4.69. The van der Waals surface area contributed by atoms with Crippen molar-refractivity contribution in [2.24, 2.45) is 0 Å². The fourth-order valence-electron chi connectivity index (χ4n) is 0.590. The average molecular weight is 211 g/mol. The topological polar surface area (TPSA) is 34.1 Å². The second kappa shape index (κ2) is 3.18. The van der Waals surface area contributed by atoms with Crippen LogP contribution in [0.1, 0.15) is 13.3 Å². The van der Waals surface area contributed by atoms with Gasteiger partial charge in [-0.1, -0.05) is 6.92 Å². The second-order valence-electron chi connectivity index (χ2n) is 1.91. The van der Waals surface area contributed by atoms with Gasteiger partial charge in [0.2, 0.25) is 9.05 Å². The summed E-state index contributed by atoms with van der Waals surface area (Å²) < 4.78 is 55.8. The SMILES string of the molecule is CCC(C(F)(F)F)S(=O)(=O)Cl. The fourth-order valence-corrected chi connectivity index (χ4v) is 1.99. The van der Waals surface area contributed by atoms with Crippen LogP contribution in [0.4, 0.5) is 13.2 Å². The van der Waals surface area contributed by atoms with Gasteiger partial charge in [0.05, 0.1) is 0 Å². The normalized spacial score (nSPS) is 16.5. The molecule has 1 unspecified atom stereocenters. The largest absolute Gasteiger partial charge is 0.406 e. The maximum Gasteiger partial charge on any atom is 0.406 e. The van der Waals surface area contributed by atoms with Gasteiger partial charge in [0.1, 0.15) is 0 Å². The summed E-state index contributed by atoms with van der Waals surface area (Å²) in [6.07, 6.45) is -5.33. The number of halogens is 4. The lowest BCUT2D eigenvalue weighted by atomic mass is 10.3. The van der Waals surface area contributed by atoms with Gasteiger partial charge in [0.25, 0.3) is 0 Å². The van der Waals surface area contributed by atoms with Crippen LogP contribution in [0.2, 0.25) is 0 Å². The molecule has 1 atom stereocenters. The highest BCUT2D eigenvalue weighted by atomic mass is 35.7. The van der Waals surface area contributed by atoms with E-state index in [2.05, 4.69) is 10.7 Å². The van der Waals surface area contributed by atoms with Crippen molar-refractivity contribution in [1.29, 1.82) is 0 Å². The molecule has 0 aliphatic rings. The molecule has 0 aliphatic heterocycles. The van der Waals surface area contributed by atoms with Crippen LogP contribution in [0.15, 0.2) is 0 Å². The number of alkyl halides is 3. The van der Waals surface area contributed by atoms with Gasteiger partial charge in [-0.05, 0) is 6.42 Å². The summed E-state index contributed by atoms with van der Waals surface area (Å²) in [6.45, 7) is 1.11. The molecule has 0 N–H and O–H groups in total. The van der Waals surface area contributed by atoms with Gasteiger partial charge in [-0.25, -0.2) is 8.42 Å². The Bertz CT molecular complexity index is 220. The molecule has 0 aromatic rings. The van der Waals surface area contributed by atoms with Gasteiger partial charge >= 0.3 is 6.18 Å². The van der Waals surface area contributed by atoms with Crippen LogP contribution in [0.25, 0.3) is 0 Å². The number of hydrogen-bond donors (Lipinski definition) is 0. The van der Waals surface area contributed by atoms with E-state index in [1.807, 2.05) is 0 Å². The fraction of sp³-hybridized carbons (Fsp3) is 1.00. The zero-order chi connectivity index (χ0) is 9.28. The minimum absolute atomic E-state index is 0.560. The van der Waals surface area contributed by atoms with E-state index in [1.54, 1.807) is 0 Å². The van der Waals surface area contributed by atoms with Gasteiger partial charge < -0.3 is 0 Å². The Morgan fingerprint density at radius 2 is 1.82 bits per heavy atom. The van der Waals surface area contributed by atoms with Crippen LogP contribution < -0.4 is 0 Å². The molecule has 68 valence electrons. The van der Waals surface area contributed by atoms with Crippen molar-refractivity contribution >= 4 is 19.7 Å². The molecule has 2 nitrogen and oxygen atoms in total. The molecule has 0 fully saturated rings. The Morgan fingerprint density at radius 3 is 1.82 bits per heavy atom. The Morgan fingerprint density at radius 1 is 1.45 bits per heavy atom. The van der Waals surface area contributed by atoms with Gasteiger partial charge in [-0.3, -0.25) is 0 Å². The van der Waals surface area contributed by atoms with Crippen LogP contribution >= 0.6 is 10.7 Å². The number of hydrogen-bond acceptors (Lipinski definition) is 2. The van der Waals surface area contributed by atoms with Crippen LogP contribution in [0.3, 0.4) is 0 Å². The van der Waals surface area contributed by atoms with E-state index in [-0.39, 0.29) is 0 Å². The zero-order valence-corrected chi connectivity index (χ0v) is 7.09. The molecule has 0 aromatic heterocycles. The highest BCUT2D eigenvalue weighted by Crippen LogP contribution is 2.30. The van der Waals surface area contributed by atoms with E-state index < -0.39 is 26.9 Å². The van der Waals surface area contributed by atoms with E-state index in [4.69, 9.17) is 0 Å². The third-order valence-electron chi connectivity index (χ3n) is 1.08. The Kier molecular flexibility index (Phi) is 3.19. The Labute approximate surface area is 66.8 Å². The van der Waals surface area contributed by atoms with E-state index in [0.29, 0.717) is 0 Å². The molecule has 0 radical (unpaired) electrons. The van der Waals surface area contributed by atoms with Gasteiger partial charge in [0.15, 0.2) is 5.25 Å². The number of rotatable bonds is 2. The molecule has 0 aromatic carbocycles. The van der Waals surface area contributed by atoms with Crippen LogP contribution in [0.5, 0.6) is 0 Å². The first-order valence-corrected chi connectivity index (χ1v) is 5.07. The van der Waals surface area contributed by atoms with Gasteiger partial charge in [0, 0.05) is 10.7 Å². The van der Waals surface area contributed by atoms with Crippen molar-refractivity contribution in [1.82, 2.24) is 0 Å². The lowest BCUT2D eigenvalue weighted by Crippen LogP contribution is -2.33. The summed E-state index contributed by atoms with van der Waals surface area (Å²) in [6, 6.07) is 0. The monoisotopic (exact) mass is 210 g/mol. The minimum Gasteiger partial charge on any atom is -0.212 e. The predicted molar refractivity (Wildman–Crippen MR) is 34.9 cm³/mol. The minimum atomic E-state index is -4.77. The molecular formula is C4H6ClF3O2S. The molecule has 0 saturated heterocycles. The second-order valence-corrected chi connectivity index (χ2v) is 4.72. The lowest BCUT2D eigenvalue weighted by molar-refractivity contribution is -0.130. The average Bonchev–Trinajstić information content (AvgIpc) is 1.56. The van der Waals surface area contributed by atoms with Crippen molar-refractivity contribution < 1.29 is 21.6 Å². The summed E-state index contributed by atoms with van der Waals surface area (Å²) in [5.74, 6) is 0. The molecule has 0 amide bonds. The summed E-state index contributed by atoms with van der Waals surface area (Å²) in [4.78, 5) is 0. The third kappa shape index (κ3) is 3.29.